The summed E-state index contributed by atoms with van der Waals surface area (Å²) in [5.41, 5.74) is 0. The molecule has 0 aliphatic heterocycles. The first-order valence-corrected chi connectivity index (χ1v) is 30.0. The van der Waals surface area contributed by atoms with Gasteiger partial charge in [0.1, 0.15) is 0 Å². The second-order valence-corrected chi connectivity index (χ2v) is 28.0. The molecule has 0 aromatic heterocycles. The molecule has 0 atom stereocenters. The summed E-state index contributed by atoms with van der Waals surface area (Å²) < 4.78 is 0. The van der Waals surface area contributed by atoms with Gasteiger partial charge in [0.05, 0.1) is 21.2 Å². The summed E-state index contributed by atoms with van der Waals surface area (Å²) in [5.74, 6) is 2.75. The van der Waals surface area contributed by atoms with Crippen LogP contribution in [-0.4, -0.2) is 13.3 Å². The summed E-state index contributed by atoms with van der Waals surface area (Å²) in [6.07, 6.45) is 0. The molecule has 69 heavy (non-hydrogen) atoms. The van der Waals surface area contributed by atoms with Crippen molar-refractivity contribution in [3.8, 4) is 0 Å². The van der Waals surface area contributed by atoms with E-state index in [9.17, 15) is 0 Å². The van der Waals surface area contributed by atoms with Crippen LogP contribution in [0.4, 0.5) is 0 Å². The van der Waals surface area contributed by atoms with Crippen LogP contribution in [0, 0.1) is 5.90 Å². The molecule has 0 unspecified atom stereocenters. The predicted molar refractivity (Wildman–Crippen MR) is 305 cm³/mol. The number of hydrogen-bond acceptors (Lipinski definition) is 0. The zero-order valence-corrected chi connectivity index (χ0v) is 46.7. The van der Waals surface area contributed by atoms with Gasteiger partial charge in [-0.05, 0) is 111 Å². The van der Waals surface area contributed by atoms with Crippen molar-refractivity contribution in [1.82, 2.24) is 0 Å². The third-order valence-corrected chi connectivity index (χ3v) is 25.8. The molecule has 0 fully saturated rings. The average molecular weight is 1330 g/mol. The van der Waals surface area contributed by atoms with Crippen molar-refractivity contribution in [2.24, 2.45) is 0 Å². The van der Waals surface area contributed by atoms with Gasteiger partial charge in [-0.2, -0.15) is 0 Å². The van der Waals surface area contributed by atoms with Gasteiger partial charge in [-0.15, -0.1) is 0 Å². The summed E-state index contributed by atoms with van der Waals surface area (Å²) >= 11 is 0. The second kappa shape index (κ2) is 27.7. The van der Waals surface area contributed by atoms with Gasteiger partial charge < -0.3 is 0 Å². The molecule has 1 radical (unpaired) electrons. The average Bonchev–Trinajstić information content (AvgIpc) is 3.42. The van der Waals surface area contributed by atoms with Crippen LogP contribution in [0.2, 0.25) is 0 Å². The maximum atomic E-state index is 2.75. The molecular formula is C63H57Au2P4+2. The number of benzene rings is 10. The van der Waals surface area contributed by atoms with E-state index in [2.05, 4.69) is 323 Å². The van der Waals surface area contributed by atoms with Crippen LogP contribution in [-0.2, 0) is 44.8 Å². The number of rotatable bonds is 12. The molecule has 0 bridgehead atoms. The van der Waals surface area contributed by atoms with Crippen molar-refractivity contribution in [1.29, 1.82) is 0 Å². The third-order valence-electron chi connectivity index (χ3n) is 11.7. The van der Waals surface area contributed by atoms with Crippen LogP contribution in [0.3, 0.4) is 0 Å². The Balaban J connectivity index is 0.000000173. The molecule has 6 heteroatoms. The first-order chi connectivity index (χ1) is 33.0. The van der Waals surface area contributed by atoms with Gasteiger partial charge in [-0.25, -0.2) is 0 Å². The van der Waals surface area contributed by atoms with Crippen molar-refractivity contribution in [2.75, 3.05) is 13.3 Å². The van der Waals surface area contributed by atoms with Gasteiger partial charge in [-0.3, -0.25) is 0 Å². The van der Waals surface area contributed by atoms with Crippen LogP contribution >= 0.6 is 30.4 Å². The fourth-order valence-electron chi connectivity index (χ4n) is 8.33. The minimum atomic E-state index is -1.70. The quantitative estimate of drug-likeness (QED) is 0.0650. The summed E-state index contributed by atoms with van der Waals surface area (Å²) in [5, 5.41) is 14.1. The first kappa shape index (κ1) is 53.7. The molecule has 0 N–H and O–H groups in total. The molecule has 0 saturated carbocycles. The summed E-state index contributed by atoms with van der Waals surface area (Å²) in [6.45, 7) is 4.95. The minimum absolute atomic E-state index is 0. The number of hydrogen-bond donors (Lipinski definition) is 0. The summed E-state index contributed by atoms with van der Waals surface area (Å²) in [4.78, 5) is 0. The Morgan fingerprint density at radius 3 is 0.507 bits per heavy atom. The van der Waals surface area contributed by atoms with Crippen molar-refractivity contribution >= 4 is 83.4 Å². The molecule has 10 rings (SSSR count). The van der Waals surface area contributed by atoms with Gasteiger partial charge in [0.15, 0.2) is 0 Å². The maximum absolute atomic E-state index is 2.75. The Hall–Kier alpha value is -4.60. The Morgan fingerprint density at radius 1 is 0.232 bits per heavy atom. The fourth-order valence-corrected chi connectivity index (χ4v) is 22.5. The normalized spacial score (nSPS) is 10.8. The van der Waals surface area contributed by atoms with Crippen LogP contribution in [0.25, 0.3) is 0 Å². The molecule has 0 amide bonds. The van der Waals surface area contributed by atoms with Gasteiger partial charge in [-0.1, -0.05) is 255 Å². The van der Waals surface area contributed by atoms with Crippen LogP contribution < -0.4 is 53.0 Å². The van der Waals surface area contributed by atoms with E-state index in [4.69, 9.17) is 0 Å². The smallest absolute Gasteiger partial charge is 0.0622 e. The molecule has 0 heterocycles. The standard InChI is InChI=1S/C27H27P2.2C18H15P.2Au/c1-28(24-15-7-3-8-16-24,25-17-9-4-10-18-25)23-29(2,26-19-11-5-12-20-26)27-21-13-6-14-22-27;2*1-4-10-16(11-5-1)19(17-12-6-2-7-13-17)18-14-8-3-9-15-18;;/h3-23H,1-2H3;2*1-15H;;/q+1;;;;+1. The monoisotopic (exact) mass is 1330 g/mol. The largest absolute Gasteiger partial charge is 1.00 e. The van der Waals surface area contributed by atoms with Crippen molar-refractivity contribution in [3.05, 3.63) is 309 Å². The van der Waals surface area contributed by atoms with Gasteiger partial charge in [0, 0.05) is 41.6 Å². The minimum Gasteiger partial charge on any atom is -0.0622 e. The van der Waals surface area contributed by atoms with Crippen LogP contribution in [0.5, 0.6) is 0 Å². The summed E-state index contributed by atoms with van der Waals surface area (Å²) in [6, 6.07) is 109. The van der Waals surface area contributed by atoms with Crippen molar-refractivity contribution in [3.63, 3.8) is 0 Å². The zero-order valence-electron chi connectivity index (χ0n) is 38.8. The first-order valence-electron chi connectivity index (χ1n) is 22.8. The molecular weight excluding hydrogens is 1270 g/mol. The van der Waals surface area contributed by atoms with Gasteiger partial charge in [0.2, 0.25) is 0 Å². The third kappa shape index (κ3) is 14.3. The van der Waals surface area contributed by atoms with E-state index in [0.29, 0.717) is 0 Å². The van der Waals surface area contributed by atoms with E-state index in [1.165, 1.54) is 53.0 Å². The Bertz CT molecular complexity index is 2450. The van der Waals surface area contributed by atoms with E-state index in [0.717, 1.165) is 0 Å². The van der Waals surface area contributed by atoms with Gasteiger partial charge in [0.25, 0.3) is 0 Å². The van der Waals surface area contributed by atoms with Crippen LogP contribution in [0.1, 0.15) is 0 Å². The molecule has 0 nitrogen and oxygen atoms in total. The molecule has 349 valence electrons. The fraction of sp³-hybridized carbons (Fsp3) is 0.0317. The van der Waals surface area contributed by atoms with E-state index in [1.54, 1.807) is 0 Å². The van der Waals surface area contributed by atoms with E-state index >= 15 is 0 Å². The SMILES string of the molecule is C[P+]([CH-][P+](C)(c1ccccc1)c1ccccc1)(c1ccccc1)c1ccccc1.[Au+].[Au].c1ccc(P(c2ccccc2)c2ccccc2)cc1.c1ccc(P(c2ccccc2)c2ccccc2)cc1. The maximum Gasteiger partial charge on any atom is 1.00 e. The topological polar surface area (TPSA) is 0 Å². The Morgan fingerprint density at radius 2 is 0.362 bits per heavy atom. The molecule has 0 aliphatic carbocycles. The molecule has 0 saturated heterocycles. The van der Waals surface area contributed by atoms with E-state index in [-0.39, 0.29) is 44.8 Å². The molecule has 10 aromatic carbocycles. The Kier molecular flexibility index (Phi) is 21.6. The molecule has 0 spiro atoms. The zero-order chi connectivity index (χ0) is 46.0. The van der Waals surface area contributed by atoms with E-state index < -0.39 is 30.4 Å². The van der Waals surface area contributed by atoms with Gasteiger partial charge >= 0.3 is 22.4 Å². The predicted octanol–water partition coefficient (Wildman–Crippen LogP) is 12.6. The van der Waals surface area contributed by atoms with Crippen molar-refractivity contribution in [2.45, 2.75) is 0 Å². The van der Waals surface area contributed by atoms with E-state index in [1.807, 2.05) is 0 Å². The summed E-state index contributed by atoms with van der Waals surface area (Å²) in [7, 11) is -4.30. The molecule has 0 aliphatic rings. The second-order valence-electron chi connectivity index (χ2n) is 16.3. The van der Waals surface area contributed by atoms with Crippen molar-refractivity contribution < 1.29 is 44.8 Å². The molecule has 10 aromatic rings. The Labute approximate surface area is 446 Å². The van der Waals surface area contributed by atoms with Crippen LogP contribution in [0.15, 0.2) is 303 Å².